The Kier molecular flexibility index (Phi) is 4.63. The Morgan fingerprint density at radius 2 is 1.90 bits per heavy atom. The molecule has 1 N–H and O–H groups in total. The van der Waals surface area contributed by atoms with Gasteiger partial charge in [-0.15, -0.1) is 0 Å². The van der Waals surface area contributed by atoms with E-state index >= 15 is 0 Å². The van der Waals surface area contributed by atoms with Crippen molar-refractivity contribution in [3.05, 3.63) is 41.4 Å². The summed E-state index contributed by atoms with van der Waals surface area (Å²) >= 11 is 6.14. The average molecular weight is 294 g/mol. The fourth-order valence-corrected chi connectivity index (χ4v) is 2.06. The van der Waals surface area contributed by atoms with Gasteiger partial charge in [-0.2, -0.15) is 0 Å². The highest BCUT2D eigenvalue weighted by molar-refractivity contribution is 6.32. The molecule has 0 saturated carbocycles. The third kappa shape index (κ3) is 3.11. The van der Waals surface area contributed by atoms with E-state index in [1.165, 1.54) is 0 Å². The molecule has 1 unspecified atom stereocenters. The summed E-state index contributed by atoms with van der Waals surface area (Å²) in [5.41, 5.74) is 1.61. The molecule has 0 bridgehead atoms. The van der Waals surface area contributed by atoms with Gasteiger partial charge in [-0.05, 0) is 13.0 Å². The summed E-state index contributed by atoms with van der Waals surface area (Å²) < 4.78 is 10.5. The summed E-state index contributed by atoms with van der Waals surface area (Å²) in [5, 5.41) is 3.82. The maximum atomic E-state index is 6.14. The molecule has 1 aromatic heterocycles. The minimum atomic E-state index is -0.0259. The number of methoxy groups -OCH3 is 2. The van der Waals surface area contributed by atoms with Crippen LogP contribution in [0.4, 0.5) is 5.69 Å². The largest absolute Gasteiger partial charge is 0.495 e. The smallest absolute Gasteiger partial charge is 0.145 e. The van der Waals surface area contributed by atoms with Crippen molar-refractivity contribution in [1.29, 1.82) is 0 Å². The minimum Gasteiger partial charge on any atom is -0.495 e. The average Bonchev–Trinajstić information content (AvgIpc) is 2.48. The molecular formula is C14H16ClN3O2. The molecule has 20 heavy (non-hydrogen) atoms. The summed E-state index contributed by atoms with van der Waals surface area (Å²) in [7, 11) is 3.16. The first kappa shape index (κ1) is 14.4. The number of rotatable bonds is 5. The van der Waals surface area contributed by atoms with Gasteiger partial charge in [-0.1, -0.05) is 11.6 Å². The molecule has 0 aliphatic heterocycles. The predicted molar refractivity (Wildman–Crippen MR) is 78.6 cm³/mol. The van der Waals surface area contributed by atoms with E-state index in [2.05, 4.69) is 15.3 Å². The number of hydrogen-bond donors (Lipinski definition) is 1. The Morgan fingerprint density at radius 1 is 1.15 bits per heavy atom. The van der Waals surface area contributed by atoms with E-state index in [9.17, 15) is 0 Å². The molecule has 106 valence electrons. The fourth-order valence-electron chi connectivity index (χ4n) is 1.81. The molecule has 1 heterocycles. The van der Waals surface area contributed by atoms with E-state index in [1.54, 1.807) is 44.9 Å². The number of aromatic nitrogens is 2. The van der Waals surface area contributed by atoms with Crippen molar-refractivity contribution in [1.82, 2.24) is 9.97 Å². The molecule has 0 aliphatic rings. The number of benzene rings is 1. The molecule has 0 fully saturated rings. The summed E-state index contributed by atoms with van der Waals surface area (Å²) in [6.45, 7) is 1.99. The Bertz CT molecular complexity index is 578. The van der Waals surface area contributed by atoms with E-state index in [4.69, 9.17) is 21.1 Å². The van der Waals surface area contributed by atoms with E-state index in [1.807, 2.05) is 6.92 Å². The van der Waals surface area contributed by atoms with Crippen molar-refractivity contribution in [2.45, 2.75) is 13.0 Å². The summed E-state index contributed by atoms with van der Waals surface area (Å²) in [5.74, 6) is 1.23. The molecule has 0 radical (unpaired) electrons. The molecule has 0 amide bonds. The van der Waals surface area contributed by atoms with Crippen LogP contribution in [0.5, 0.6) is 11.5 Å². The van der Waals surface area contributed by atoms with Crippen molar-refractivity contribution in [3.63, 3.8) is 0 Å². The zero-order valence-electron chi connectivity index (χ0n) is 11.6. The fraction of sp³-hybridized carbons (Fsp3) is 0.286. The van der Waals surface area contributed by atoms with Gasteiger partial charge in [0.15, 0.2) is 0 Å². The van der Waals surface area contributed by atoms with Crippen LogP contribution >= 0.6 is 11.6 Å². The predicted octanol–water partition coefficient (Wildman–Crippen LogP) is 3.32. The highest BCUT2D eigenvalue weighted by Gasteiger charge is 2.13. The number of nitrogens with one attached hydrogen (secondary N) is 1. The lowest BCUT2D eigenvalue weighted by molar-refractivity contribution is 0.395. The number of halogens is 1. The Hall–Kier alpha value is -2.01. The van der Waals surface area contributed by atoms with Crippen LogP contribution in [0.15, 0.2) is 30.7 Å². The van der Waals surface area contributed by atoms with Crippen LogP contribution in [0.25, 0.3) is 0 Å². The topological polar surface area (TPSA) is 56.3 Å². The molecular weight excluding hydrogens is 278 g/mol. The molecule has 1 aromatic carbocycles. The van der Waals surface area contributed by atoms with Crippen molar-refractivity contribution < 1.29 is 9.47 Å². The van der Waals surface area contributed by atoms with Gasteiger partial charge in [-0.3, -0.25) is 9.97 Å². The van der Waals surface area contributed by atoms with Gasteiger partial charge in [0.05, 0.1) is 42.9 Å². The first-order chi connectivity index (χ1) is 9.65. The standard InChI is InChI=1S/C14H16ClN3O2/c1-9(12-8-16-4-5-17-12)18-11-6-10(15)13(19-2)7-14(11)20-3/h4-9,18H,1-3H3. The van der Waals surface area contributed by atoms with Crippen LogP contribution in [0.3, 0.4) is 0 Å². The van der Waals surface area contributed by atoms with Gasteiger partial charge < -0.3 is 14.8 Å². The number of hydrogen-bond acceptors (Lipinski definition) is 5. The Labute approximate surface area is 122 Å². The molecule has 2 aromatic rings. The molecule has 0 saturated heterocycles. The lowest BCUT2D eigenvalue weighted by Gasteiger charge is -2.18. The lowest BCUT2D eigenvalue weighted by atomic mass is 10.2. The van der Waals surface area contributed by atoms with Crippen LogP contribution in [-0.4, -0.2) is 24.2 Å². The second-order valence-corrected chi connectivity index (χ2v) is 4.59. The zero-order valence-corrected chi connectivity index (χ0v) is 12.3. The first-order valence-electron chi connectivity index (χ1n) is 6.09. The molecule has 1 atom stereocenters. The molecule has 2 rings (SSSR count). The van der Waals surface area contributed by atoms with Crippen LogP contribution in [0.2, 0.25) is 5.02 Å². The monoisotopic (exact) mass is 293 g/mol. The Balaban J connectivity index is 2.27. The number of ether oxygens (including phenoxy) is 2. The van der Waals surface area contributed by atoms with Crippen LogP contribution in [0.1, 0.15) is 18.7 Å². The summed E-state index contributed by atoms with van der Waals surface area (Å²) in [6.07, 6.45) is 5.02. The summed E-state index contributed by atoms with van der Waals surface area (Å²) in [4.78, 5) is 8.32. The third-order valence-electron chi connectivity index (χ3n) is 2.87. The Morgan fingerprint density at radius 3 is 2.50 bits per heavy atom. The third-order valence-corrected chi connectivity index (χ3v) is 3.17. The normalized spacial score (nSPS) is 11.8. The van der Waals surface area contributed by atoms with Crippen molar-refractivity contribution in [2.75, 3.05) is 19.5 Å². The van der Waals surface area contributed by atoms with Gasteiger partial charge in [0.1, 0.15) is 11.5 Å². The van der Waals surface area contributed by atoms with Crippen molar-refractivity contribution in [2.24, 2.45) is 0 Å². The molecule has 0 aliphatic carbocycles. The molecule has 6 heteroatoms. The molecule has 5 nitrogen and oxygen atoms in total. The van der Waals surface area contributed by atoms with Crippen LogP contribution < -0.4 is 14.8 Å². The second kappa shape index (κ2) is 6.43. The summed E-state index contributed by atoms with van der Waals surface area (Å²) in [6, 6.07) is 3.49. The molecule has 0 spiro atoms. The highest BCUT2D eigenvalue weighted by Crippen LogP contribution is 2.37. The van der Waals surface area contributed by atoms with Gasteiger partial charge in [0.2, 0.25) is 0 Å². The van der Waals surface area contributed by atoms with Gasteiger partial charge in [0, 0.05) is 18.5 Å². The van der Waals surface area contributed by atoms with Crippen molar-refractivity contribution >= 4 is 17.3 Å². The maximum absolute atomic E-state index is 6.14. The maximum Gasteiger partial charge on any atom is 0.145 e. The van der Waals surface area contributed by atoms with Crippen molar-refractivity contribution in [3.8, 4) is 11.5 Å². The van der Waals surface area contributed by atoms with Crippen LogP contribution in [-0.2, 0) is 0 Å². The van der Waals surface area contributed by atoms with Gasteiger partial charge in [-0.25, -0.2) is 0 Å². The zero-order chi connectivity index (χ0) is 14.5. The van der Waals surface area contributed by atoms with E-state index in [0.29, 0.717) is 16.5 Å². The highest BCUT2D eigenvalue weighted by atomic mass is 35.5. The van der Waals surface area contributed by atoms with E-state index in [0.717, 1.165) is 11.4 Å². The lowest BCUT2D eigenvalue weighted by Crippen LogP contribution is -2.09. The van der Waals surface area contributed by atoms with E-state index in [-0.39, 0.29) is 6.04 Å². The van der Waals surface area contributed by atoms with Gasteiger partial charge >= 0.3 is 0 Å². The van der Waals surface area contributed by atoms with E-state index < -0.39 is 0 Å². The van der Waals surface area contributed by atoms with Crippen LogP contribution in [0, 0.1) is 0 Å². The quantitative estimate of drug-likeness (QED) is 0.916. The number of anilines is 1. The minimum absolute atomic E-state index is 0.0259. The number of nitrogens with zero attached hydrogens (tertiary/aromatic N) is 2. The SMILES string of the molecule is COc1cc(OC)c(NC(C)c2cnccn2)cc1Cl. The first-order valence-corrected chi connectivity index (χ1v) is 6.47. The van der Waals surface area contributed by atoms with Gasteiger partial charge in [0.25, 0.3) is 0 Å². The second-order valence-electron chi connectivity index (χ2n) is 4.18.